The Hall–Kier alpha value is -2.77. The second-order valence-electron chi connectivity index (χ2n) is 4.78. The molecular weight excluding hydrogens is 350 g/mol. The van der Waals surface area contributed by atoms with E-state index in [0.717, 1.165) is 17.3 Å². The number of hydrogen-bond donors (Lipinski definition) is 1. The lowest BCUT2D eigenvalue weighted by Crippen LogP contribution is -2.13. The summed E-state index contributed by atoms with van der Waals surface area (Å²) in [5.41, 5.74) is 1.23. The molecule has 0 aliphatic rings. The third-order valence-electron chi connectivity index (χ3n) is 3.20. The number of carbonyl (C=O) groups excluding carboxylic acids is 1. The van der Waals surface area contributed by atoms with Gasteiger partial charge in [0.05, 0.1) is 10.6 Å². The van der Waals surface area contributed by atoms with E-state index in [4.69, 9.17) is 11.6 Å². The summed E-state index contributed by atoms with van der Waals surface area (Å²) in [4.78, 5) is 27.1. The standard InChI is InChI=1S/C16H10ClN3O3S/c17-11-6-7-12(14(8-11)20(22)23)15(21)19-16-18-13(9-24-16)10-4-2-1-3-5-10/h1-9H,(H,18,19,21). The van der Waals surface area contributed by atoms with Crippen LogP contribution in [0, 0.1) is 10.1 Å². The van der Waals surface area contributed by atoms with E-state index in [9.17, 15) is 14.9 Å². The van der Waals surface area contributed by atoms with Gasteiger partial charge >= 0.3 is 0 Å². The van der Waals surface area contributed by atoms with E-state index in [0.29, 0.717) is 5.13 Å². The summed E-state index contributed by atoms with van der Waals surface area (Å²) in [5, 5.41) is 16.0. The Morgan fingerprint density at radius 1 is 1.21 bits per heavy atom. The van der Waals surface area contributed by atoms with Crippen LogP contribution in [0.15, 0.2) is 53.9 Å². The monoisotopic (exact) mass is 359 g/mol. The van der Waals surface area contributed by atoms with Crippen molar-refractivity contribution in [3.63, 3.8) is 0 Å². The van der Waals surface area contributed by atoms with Gasteiger partial charge in [-0.25, -0.2) is 4.98 Å². The number of anilines is 1. The molecule has 6 nitrogen and oxygen atoms in total. The average molecular weight is 360 g/mol. The van der Waals surface area contributed by atoms with Crippen molar-refractivity contribution in [2.24, 2.45) is 0 Å². The van der Waals surface area contributed by atoms with E-state index in [1.807, 2.05) is 30.3 Å². The predicted molar refractivity (Wildman–Crippen MR) is 93.6 cm³/mol. The molecule has 24 heavy (non-hydrogen) atoms. The molecule has 0 aliphatic carbocycles. The molecular formula is C16H10ClN3O3S. The zero-order valence-electron chi connectivity index (χ0n) is 12.1. The Bertz CT molecular complexity index is 912. The van der Waals surface area contributed by atoms with Gasteiger partial charge < -0.3 is 0 Å². The zero-order chi connectivity index (χ0) is 17.1. The summed E-state index contributed by atoms with van der Waals surface area (Å²) < 4.78 is 0. The number of aromatic nitrogens is 1. The third kappa shape index (κ3) is 3.42. The van der Waals surface area contributed by atoms with Crippen LogP contribution in [0.4, 0.5) is 10.8 Å². The average Bonchev–Trinajstić information content (AvgIpc) is 3.04. The Morgan fingerprint density at radius 3 is 2.67 bits per heavy atom. The number of thiazole rings is 1. The summed E-state index contributed by atoms with van der Waals surface area (Å²) in [7, 11) is 0. The van der Waals surface area contributed by atoms with Crippen LogP contribution in [0.3, 0.4) is 0 Å². The van der Waals surface area contributed by atoms with Crippen LogP contribution in [0.25, 0.3) is 11.3 Å². The van der Waals surface area contributed by atoms with Crippen LogP contribution in [-0.4, -0.2) is 15.8 Å². The molecule has 8 heteroatoms. The zero-order valence-corrected chi connectivity index (χ0v) is 13.7. The Balaban J connectivity index is 1.84. The van der Waals surface area contributed by atoms with Gasteiger partial charge in [-0.3, -0.25) is 20.2 Å². The number of nitro groups is 1. The summed E-state index contributed by atoms with van der Waals surface area (Å²) in [6.45, 7) is 0. The van der Waals surface area contributed by atoms with E-state index < -0.39 is 10.8 Å². The lowest BCUT2D eigenvalue weighted by molar-refractivity contribution is -0.385. The van der Waals surface area contributed by atoms with Gasteiger partial charge in [-0.2, -0.15) is 0 Å². The maximum atomic E-state index is 12.3. The highest BCUT2D eigenvalue weighted by atomic mass is 35.5. The Kier molecular flexibility index (Phi) is 4.54. The first kappa shape index (κ1) is 16.1. The van der Waals surface area contributed by atoms with E-state index in [1.165, 1.54) is 23.5 Å². The highest BCUT2D eigenvalue weighted by Crippen LogP contribution is 2.27. The van der Waals surface area contributed by atoms with E-state index in [-0.39, 0.29) is 16.3 Å². The van der Waals surface area contributed by atoms with Crippen molar-refractivity contribution >= 4 is 39.7 Å². The highest BCUT2D eigenvalue weighted by Gasteiger charge is 2.21. The first-order valence-electron chi connectivity index (χ1n) is 6.81. The van der Waals surface area contributed by atoms with Crippen LogP contribution >= 0.6 is 22.9 Å². The molecule has 1 N–H and O–H groups in total. The quantitative estimate of drug-likeness (QED) is 0.543. The van der Waals surface area contributed by atoms with Crippen LogP contribution < -0.4 is 5.32 Å². The molecule has 0 fully saturated rings. The number of nitrogens with zero attached hydrogens (tertiary/aromatic N) is 2. The Labute approximate surface area is 145 Å². The molecule has 1 heterocycles. The van der Waals surface area contributed by atoms with Gasteiger partial charge in [-0.15, -0.1) is 11.3 Å². The normalized spacial score (nSPS) is 10.4. The third-order valence-corrected chi connectivity index (χ3v) is 4.19. The molecule has 0 unspecified atom stereocenters. The number of rotatable bonds is 4. The fourth-order valence-corrected chi connectivity index (χ4v) is 2.97. The minimum Gasteiger partial charge on any atom is -0.298 e. The van der Waals surface area contributed by atoms with Gasteiger partial charge in [0.1, 0.15) is 5.56 Å². The first-order chi connectivity index (χ1) is 11.5. The second-order valence-corrected chi connectivity index (χ2v) is 6.07. The van der Waals surface area contributed by atoms with Crippen molar-refractivity contribution in [2.75, 3.05) is 5.32 Å². The molecule has 120 valence electrons. The van der Waals surface area contributed by atoms with Gasteiger partial charge in [-0.1, -0.05) is 41.9 Å². The number of nitro benzene ring substituents is 1. The summed E-state index contributed by atoms with van der Waals surface area (Å²) in [6.07, 6.45) is 0. The second kappa shape index (κ2) is 6.77. The molecule has 0 aliphatic heterocycles. The number of nitrogens with one attached hydrogen (secondary N) is 1. The Morgan fingerprint density at radius 2 is 1.96 bits per heavy atom. The van der Waals surface area contributed by atoms with Crippen LogP contribution in [0.2, 0.25) is 5.02 Å². The van der Waals surface area contributed by atoms with Crippen molar-refractivity contribution in [2.45, 2.75) is 0 Å². The minimum atomic E-state index is -0.641. The van der Waals surface area contributed by atoms with Crippen molar-refractivity contribution < 1.29 is 9.72 Å². The van der Waals surface area contributed by atoms with E-state index in [1.54, 1.807) is 5.38 Å². The number of amides is 1. The van der Waals surface area contributed by atoms with Crippen molar-refractivity contribution in [3.05, 3.63) is 74.6 Å². The maximum Gasteiger partial charge on any atom is 0.283 e. The van der Waals surface area contributed by atoms with Gasteiger partial charge in [0, 0.05) is 22.0 Å². The van der Waals surface area contributed by atoms with Crippen molar-refractivity contribution in [1.29, 1.82) is 0 Å². The molecule has 0 saturated carbocycles. The fraction of sp³-hybridized carbons (Fsp3) is 0. The van der Waals surface area contributed by atoms with E-state index >= 15 is 0 Å². The molecule has 1 amide bonds. The summed E-state index contributed by atoms with van der Waals surface area (Å²) in [5.74, 6) is -0.604. The molecule has 0 saturated heterocycles. The van der Waals surface area contributed by atoms with E-state index in [2.05, 4.69) is 10.3 Å². The molecule has 3 aromatic rings. The molecule has 0 bridgehead atoms. The van der Waals surface area contributed by atoms with Gasteiger partial charge in [0.2, 0.25) is 0 Å². The lowest BCUT2D eigenvalue weighted by atomic mass is 10.1. The summed E-state index contributed by atoms with van der Waals surface area (Å²) >= 11 is 7.00. The van der Waals surface area contributed by atoms with Crippen LogP contribution in [-0.2, 0) is 0 Å². The van der Waals surface area contributed by atoms with Crippen molar-refractivity contribution in [3.8, 4) is 11.3 Å². The molecule has 0 spiro atoms. The molecule has 2 aromatic carbocycles. The number of carbonyl (C=O) groups is 1. The summed E-state index contributed by atoms with van der Waals surface area (Å²) in [6, 6.07) is 13.4. The van der Waals surface area contributed by atoms with Gasteiger partial charge in [-0.05, 0) is 12.1 Å². The number of halogens is 1. The number of hydrogen-bond acceptors (Lipinski definition) is 5. The lowest BCUT2D eigenvalue weighted by Gasteiger charge is -2.03. The predicted octanol–water partition coefficient (Wildman–Crippen LogP) is 4.62. The minimum absolute atomic E-state index is 0.0686. The van der Waals surface area contributed by atoms with Crippen LogP contribution in [0.1, 0.15) is 10.4 Å². The maximum absolute atomic E-state index is 12.3. The topological polar surface area (TPSA) is 85.1 Å². The fourth-order valence-electron chi connectivity index (χ4n) is 2.08. The molecule has 3 rings (SSSR count). The SMILES string of the molecule is O=C(Nc1nc(-c2ccccc2)cs1)c1ccc(Cl)cc1[N+](=O)[O-]. The largest absolute Gasteiger partial charge is 0.298 e. The van der Waals surface area contributed by atoms with Crippen molar-refractivity contribution in [1.82, 2.24) is 4.98 Å². The molecule has 1 aromatic heterocycles. The van der Waals surface area contributed by atoms with Gasteiger partial charge in [0.15, 0.2) is 5.13 Å². The van der Waals surface area contributed by atoms with Crippen LogP contribution in [0.5, 0.6) is 0 Å². The molecule has 0 radical (unpaired) electrons. The smallest absolute Gasteiger partial charge is 0.283 e. The molecule has 0 atom stereocenters. The number of benzene rings is 2. The first-order valence-corrected chi connectivity index (χ1v) is 8.06. The van der Waals surface area contributed by atoms with Gasteiger partial charge in [0.25, 0.3) is 11.6 Å². The highest BCUT2D eigenvalue weighted by molar-refractivity contribution is 7.14.